The Kier molecular flexibility index (Phi) is 6.28. The maximum atomic E-state index is 13.7. The van der Waals surface area contributed by atoms with Crippen LogP contribution in [-0.4, -0.2) is 22.4 Å². The molecule has 0 bridgehead atoms. The molecular weight excluding hydrogens is 359 g/mol. The van der Waals surface area contributed by atoms with Gasteiger partial charge in [-0.3, -0.25) is 0 Å². The van der Waals surface area contributed by atoms with Crippen molar-refractivity contribution in [2.75, 3.05) is 0 Å². The van der Waals surface area contributed by atoms with Gasteiger partial charge in [0.15, 0.2) is 5.60 Å². The molecule has 0 saturated carbocycles. The third kappa shape index (κ3) is 5.10. The number of benzene rings is 2. The van der Waals surface area contributed by atoms with E-state index in [9.17, 15) is 23.1 Å². The number of rotatable bonds is 7. The number of hydrogen-bond donors (Lipinski definition) is 3. The van der Waals surface area contributed by atoms with Crippen molar-refractivity contribution >= 4 is 5.97 Å². The van der Waals surface area contributed by atoms with Gasteiger partial charge in [0.1, 0.15) is 0 Å². The Morgan fingerprint density at radius 1 is 1.07 bits per heavy atom. The van der Waals surface area contributed by atoms with Crippen molar-refractivity contribution in [3.05, 3.63) is 83.6 Å². The Balaban J connectivity index is 2.37. The SMILES string of the molecule is C[C@@H](NC(=CC(=O)O)CC(O)(c1ccccc1)C(F)(F)F)c1ccccc1. The van der Waals surface area contributed by atoms with E-state index in [0.29, 0.717) is 6.08 Å². The molecule has 7 heteroatoms. The van der Waals surface area contributed by atoms with Crippen molar-refractivity contribution in [1.82, 2.24) is 5.32 Å². The zero-order valence-electron chi connectivity index (χ0n) is 14.6. The molecule has 2 aromatic carbocycles. The van der Waals surface area contributed by atoms with E-state index in [2.05, 4.69) is 5.32 Å². The van der Waals surface area contributed by atoms with E-state index in [1.54, 1.807) is 37.3 Å². The minimum absolute atomic E-state index is 0.234. The van der Waals surface area contributed by atoms with E-state index in [0.717, 1.165) is 17.7 Å². The largest absolute Gasteiger partial charge is 0.478 e. The van der Waals surface area contributed by atoms with Crippen LogP contribution >= 0.6 is 0 Å². The van der Waals surface area contributed by atoms with Crippen LogP contribution in [0.15, 0.2) is 72.4 Å². The molecule has 2 atom stereocenters. The lowest BCUT2D eigenvalue weighted by Crippen LogP contribution is -2.44. The highest BCUT2D eigenvalue weighted by molar-refractivity contribution is 5.80. The summed E-state index contributed by atoms with van der Waals surface area (Å²) in [6.45, 7) is 1.69. The van der Waals surface area contributed by atoms with Crippen LogP contribution in [0.4, 0.5) is 13.2 Å². The smallest absolute Gasteiger partial charge is 0.421 e. The van der Waals surface area contributed by atoms with Crippen LogP contribution in [0.25, 0.3) is 0 Å². The molecule has 3 N–H and O–H groups in total. The van der Waals surface area contributed by atoms with Crippen molar-refractivity contribution in [2.24, 2.45) is 0 Å². The average Bonchev–Trinajstić information content (AvgIpc) is 2.61. The monoisotopic (exact) mass is 379 g/mol. The van der Waals surface area contributed by atoms with E-state index in [1.165, 1.54) is 18.2 Å². The summed E-state index contributed by atoms with van der Waals surface area (Å²) in [6, 6.07) is 15.0. The molecule has 27 heavy (non-hydrogen) atoms. The normalized spacial score (nSPS) is 15.7. The van der Waals surface area contributed by atoms with Gasteiger partial charge >= 0.3 is 12.1 Å². The minimum Gasteiger partial charge on any atom is -0.478 e. The number of carboxylic acid groups (broad SMARTS) is 1. The molecule has 144 valence electrons. The summed E-state index contributed by atoms with van der Waals surface area (Å²) in [5.41, 5.74) is -3.05. The Bertz CT molecular complexity index is 791. The number of aliphatic carboxylic acids is 1. The summed E-state index contributed by atoms with van der Waals surface area (Å²) in [5.74, 6) is -1.41. The lowest BCUT2D eigenvalue weighted by molar-refractivity contribution is -0.266. The Morgan fingerprint density at radius 3 is 2.07 bits per heavy atom. The number of carbonyl (C=O) groups is 1. The lowest BCUT2D eigenvalue weighted by atomic mass is 9.88. The van der Waals surface area contributed by atoms with E-state index < -0.39 is 30.2 Å². The van der Waals surface area contributed by atoms with Gasteiger partial charge in [-0.05, 0) is 18.1 Å². The van der Waals surface area contributed by atoms with Crippen molar-refractivity contribution in [2.45, 2.75) is 31.2 Å². The van der Waals surface area contributed by atoms with Crippen molar-refractivity contribution < 1.29 is 28.2 Å². The Labute approximate surface area is 155 Å². The highest BCUT2D eigenvalue weighted by Crippen LogP contribution is 2.43. The van der Waals surface area contributed by atoms with Crippen molar-refractivity contribution in [3.63, 3.8) is 0 Å². The number of halogens is 3. The number of nitrogens with one attached hydrogen (secondary N) is 1. The summed E-state index contributed by atoms with van der Waals surface area (Å²) in [5, 5.41) is 22.3. The predicted molar refractivity (Wildman–Crippen MR) is 94.7 cm³/mol. The van der Waals surface area contributed by atoms with Gasteiger partial charge in [0, 0.05) is 24.2 Å². The molecule has 1 unspecified atom stereocenters. The Hall–Kier alpha value is -2.80. The van der Waals surface area contributed by atoms with E-state index in [4.69, 9.17) is 5.11 Å². The van der Waals surface area contributed by atoms with E-state index in [1.807, 2.05) is 0 Å². The molecule has 0 heterocycles. The number of alkyl halides is 3. The second kappa shape index (κ2) is 8.26. The van der Waals surface area contributed by atoms with Gasteiger partial charge in [-0.15, -0.1) is 0 Å². The van der Waals surface area contributed by atoms with Gasteiger partial charge in [-0.25, -0.2) is 4.79 Å². The topological polar surface area (TPSA) is 69.6 Å². The van der Waals surface area contributed by atoms with Crippen LogP contribution in [0.5, 0.6) is 0 Å². The summed E-state index contributed by atoms with van der Waals surface area (Å²) in [4.78, 5) is 11.1. The van der Waals surface area contributed by atoms with Crippen LogP contribution in [-0.2, 0) is 10.4 Å². The first-order valence-corrected chi connectivity index (χ1v) is 8.23. The third-order valence-electron chi connectivity index (χ3n) is 4.17. The number of carboxylic acids is 1. The fraction of sp³-hybridized carbons (Fsp3) is 0.250. The van der Waals surface area contributed by atoms with Crippen molar-refractivity contribution in [1.29, 1.82) is 0 Å². The van der Waals surface area contributed by atoms with Crippen LogP contribution < -0.4 is 5.32 Å². The zero-order valence-corrected chi connectivity index (χ0v) is 14.6. The van der Waals surface area contributed by atoms with Gasteiger partial charge in [0.05, 0.1) is 0 Å². The molecule has 0 aliphatic carbocycles. The van der Waals surface area contributed by atoms with Crippen LogP contribution in [0.1, 0.15) is 30.5 Å². The molecule has 0 saturated heterocycles. The van der Waals surface area contributed by atoms with Gasteiger partial charge in [0.25, 0.3) is 0 Å². The first-order valence-electron chi connectivity index (χ1n) is 8.23. The quantitative estimate of drug-likeness (QED) is 0.633. The van der Waals surface area contributed by atoms with Gasteiger partial charge < -0.3 is 15.5 Å². The zero-order chi connectivity index (χ0) is 20.1. The molecular formula is C20H20F3NO3. The highest BCUT2D eigenvalue weighted by atomic mass is 19.4. The molecule has 4 nitrogen and oxygen atoms in total. The molecule has 2 aromatic rings. The fourth-order valence-electron chi connectivity index (χ4n) is 2.75. The number of hydrogen-bond acceptors (Lipinski definition) is 3. The molecule has 0 amide bonds. The Morgan fingerprint density at radius 2 is 1.59 bits per heavy atom. The van der Waals surface area contributed by atoms with Crippen LogP contribution in [0.3, 0.4) is 0 Å². The molecule has 0 spiro atoms. The summed E-state index contributed by atoms with van der Waals surface area (Å²) >= 11 is 0. The molecule has 0 aliphatic heterocycles. The minimum atomic E-state index is -5.00. The molecule has 0 fully saturated rings. The van der Waals surface area contributed by atoms with Gasteiger partial charge in [0.2, 0.25) is 0 Å². The summed E-state index contributed by atoms with van der Waals surface area (Å²) in [7, 11) is 0. The van der Waals surface area contributed by atoms with Crippen LogP contribution in [0.2, 0.25) is 0 Å². The second-order valence-electron chi connectivity index (χ2n) is 6.19. The summed E-state index contributed by atoms with van der Waals surface area (Å²) in [6.07, 6.45) is -5.30. The highest BCUT2D eigenvalue weighted by Gasteiger charge is 2.55. The van der Waals surface area contributed by atoms with E-state index in [-0.39, 0.29) is 11.3 Å². The molecule has 2 rings (SSSR count). The lowest BCUT2D eigenvalue weighted by Gasteiger charge is -2.33. The first-order chi connectivity index (χ1) is 12.6. The van der Waals surface area contributed by atoms with Gasteiger partial charge in [-0.1, -0.05) is 60.7 Å². The molecule has 0 radical (unpaired) electrons. The maximum absolute atomic E-state index is 13.7. The fourth-order valence-corrected chi connectivity index (χ4v) is 2.75. The molecule has 0 aromatic heterocycles. The molecule has 0 aliphatic rings. The standard InChI is InChI=1S/C20H20F3NO3/c1-14(15-8-4-2-5-9-15)24-17(12-18(25)26)13-19(27,20(21,22)23)16-10-6-3-7-11-16/h2-12,14,24,27H,13H2,1H3,(H,25,26)/t14-,19?/m1/s1. The van der Waals surface area contributed by atoms with Crippen LogP contribution in [0, 0.1) is 0 Å². The van der Waals surface area contributed by atoms with E-state index >= 15 is 0 Å². The average molecular weight is 379 g/mol. The number of aliphatic hydroxyl groups is 1. The maximum Gasteiger partial charge on any atom is 0.421 e. The van der Waals surface area contributed by atoms with Gasteiger partial charge in [-0.2, -0.15) is 13.2 Å². The predicted octanol–water partition coefficient (Wildman–Crippen LogP) is 4.15. The second-order valence-corrected chi connectivity index (χ2v) is 6.19. The van der Waals surface area contributed by atoms with Crippen molar-refractivity contribution in [3.8, 4) is 0 Å². The summed E-state index contributed by atoms with van der Waals surface area (Å²) < 4.78 is 41.1. The first kappa shape index (κ1) is 20.5. The third-order valence-corrected chi connectivity index (χ3v) is 4.17.